The van der Waals surface area contributed by atoms with Crippen LogP contribution >= 0.6 is 11.6 Å². The van der Waals surface area contributed by atoms with Gasteiger partial charge in [0.2, 0.25) is 0 Å². The molecule has 0 aliphatic rings. The summed E-state index contributed by atoms with van der Waals surface area (Å²) in [6.45, 7) is 5.75. The molecule has 90 valence electrons. The molecule has 1 N–H and O–H groups in total. The maximum absolute atomic E-state index is 6.13. The van der Waals surface area contributed by atoms with Crippen molar-refractivity contribution in [1.82, 2.24) is 9.78 Å². The van der Waals surface area contributed by atoms with Crippen LogP contribution in [0.2, 0.25) is 5.02 Å². The highest BCUT2D eigenvalue weighted by molar-refractivity contribution is 6.33. The summed E-state index contributed by atoms with van der Waals surface area (Å²) in [5, 5.41) is 8.32. The second-order valence-corrected chi connectivity index (χ2v) is 4.38. The molecule has 0 saturated carbocycles. The molecule has 3 nitrogen and oxygen atoms in total. The molecule has 0 fully saturated rings. The van der Waals surface area contributed by atoms with E-state index in [9.17, 15) is 0 Å². The van der Waals surface area contributed by atoms with Crippen LogP contribution in [0.25, 0.3) is 0 Å². The molecule has 1 aromatic carbocycles. The lowest BCUT2D eigenvalue weighted by atomic mass is 10.2. The number of aryl methyl sites for hydroxylation is 2. The second kappa shape index (κ2) is 5.23. The molecule has 2 aromatic rings. The Morgan fingerprint density at radius 2 is 2.18 bits per heavy atom. The summed E-state index contributed by atoms with van der Waals surface area (Å²) in [6, 6.07) is 7.98. The van der Waals surface area contributed by atoms with Crippen LogP contribution in [0.3, 0.4) is 0 Å². The van der Waals surface area contributed by atoms with Gasteiger partial charge >= 0.3 is 0 Å². The predicted molar refractivity (Wildman–Crippen MR) is 71.4 cm³/mol. The van der Waals surface area contributed by atoms with Crippen molar-refractivity contribution in [3.63, 3.8) is 0 Å². The van der Waals surface area contributed by atoms with Crippen molar-refractivity contribution in [2.45, 2.75) is 26.9 Å². The quantitative estimate of drug-likeness (QED) is 0.899. The maximum Gasteiger partial charge on any atom is 0.0637 e. The van der Waals surface area contributed by atoms with Gasteiger partial charge in [-0.05, 0) is 37.6 Å². The molecule has 0 aliphatic heterocycles. The van der Waals surface area contributed by atoms with Gasteiger partial charge in [-0.2, -0.15) is 5.10 Å². The summed E-state index contributed by atoms with van der Waals surface area (Å²) in [5.74, 6) is 0. The number of nitrogens with one attached hydrogen (secondary N) is 1. The van der Waals surface area contributed by atoms with Crippen molar-refractivity contribution in [3.8, 4) is 0 Å². The summed E-state index contributed by atoms with van der Waals surface area (Å²) in [5.41, 5.74) is 3.32. The van der Waals surface area contributed by atoms with E-state index in [0.717, 1.165) is 29.5 Å². The van der Waals surface area contributed by atoms with Gasteiger partial charge in [0.1, 0.15) is 0 Å². The van der Waals surface area contributed by atoms with Gasteiger partial charge in [-0.25, -0.2) is 0 Å². The highest BCUT2D eigenvalue weighted by Crippen LogP contribution is 2.23. The molecule has 0 radical (unpaired) electrons. The highest BCUT2D eigenvalue weighted by Gasteiger charge is 2.03. The zero-order valence-electron chi connectivity index (χ0n) is 10.1. The lowest BCUT2D eigenvalue weighted by molar-refractivity contribution is 0.627. The number of hydrogen-bond donors (Lipinski definition) is 1. The highest BCUT2D eigenvalue weighted by atomic mass is 35.5. The third-order valence-corrected chi connectivity index (χ3v) is 3.02. The van der Waals surface area contributed by atoms with Crippen molar-refractivity contribution in [3.05, 3.63) is 46.7 Å². The molecule has 0 saturated heterocycles. The van der Waals surface area contributed by atoms with E-state index in [0.29, 0.717) is 0 Å². The monoisotopic (exact) mass is 249 g/mol. The topological polar surface area (TPSA) is 29.9 Å². The minimum Gasteiger partial charge on any atom is -0.378 e. The van der Waals surface area contributed by atoms with E-state index in [2.05, 4.69) is 30.3 Å². The molecular weight excluding hydrogens is 234 g/mol. The molecule has 0 aliphatic carbocycles. The van der Waals surface area contributed by atoms with E-state index >= 15 is 0 Å². The largest absolute Gasteiger partial charge is 0.378 e. The zero-order chi connectivity index (χ0) is 12.3. The van der Waals surface area contributed by atoms with Crippen molar-refractivity contribution < 1.29 is 0 Å². The molecule has 0 unspecified atom stereocenters. The Kier molecular flexibility index (Phi) is 3.69. The van der Waals surface area contributed by atoms with Gasteiger partial charge in [0.25, 0.3) is 0 Å². The van der Waals surface area contributed by atoms with Crippen LogP contribution in [0.4, 0.5) is 5.69 Å². The summed E-state index contributed by atoms with van der Waals surface area (Å²) in [6.07, 6.45) is 1.82. The maximum atomic E-state index is 6.13. The normalized spacial score (nSPS) is 10.5. The van der Waals surface area contributed by atoms with Crippen molar-refractivity contribution >= 4 is 17.3 Å². The molecule has 1 aromatic heterocycles. The minimum atomic E-state index is 0.733. The van der Waals surface area contributed by atoms with Gasteiger partial charge < -0.3 is 5.32 Å². The fourth-order valence-corrected chi connectivity index (χ4v) is 1.94. The molecule has 2 rings (SSSR count). The van der Waals surface area contributed by atoms with Crippen LogP contribution in [0.5, 0.6) is 0 Å². The SMILES string of the molecule is CCn1nccc1CNc1cc(C)ccc1Cl. The lowest BCUT2D eigenvalue weighted by Crippen LogP contribution is -2.08. The Morgan fingerprint density at radius 3 is 2.94 bits per heavy atom. The number of rotatable bonds is 4. The first-order valence-electron chi connectivity index (χ1n) is 5.71. The Labute approximate surface area is 106 Å². The second-order valence-electron chi connectivity index (χ2n) is 3.98. The molecule has 0 bridgehead atoms. The number of hydrogen-bond acceptors (Lipinski definition) is 2. The van der Waals surface area contributed by atoms with E-state index in [4.69, 9.17) is 11.6 Å². The number of nitrogens with zero attached hydrogens (tertiary/aromatic N) is 2. The van der Waals surface area contributed by atoms with E-state index in [1.54, 1.807) is 0 Å². The first-order valence-corrected chi connectivity index (χ1v) is 6.09. The minimum absolute atomic E-state index is 0.733. The van der Waals surface area contributed by atoms with Crippen LogP contribution in [-0.4, -0.2) is 9.78 Å². The molecule has 17 heavy (non-hydrogen) atoms. The number of halogens is 1. The molecular formula is C13H16ClN3. The van der Waals surface area contributed by atoms with E-state index < -0.39 is 0 Å². The average molecular weight is 250 g/mol. The van der Waals surface area contributed by atoms with Gasteiger partial charge in [-0.3, -0.25) is 4.68 Å². The van der Waals surface area contributed by atoms with Gasteiger partial charge in [0.05, 0.1) is 22.9 Å². The molecule has 0 spiro atoms. The van der Waals surface area contributed by atoms with E-state index in [1.807, 2.05) is 29.1 Å². The first kappa shape index (κ1) is 12.0. The third-order valence-electron chi connectivity index (χ3n) is 2.69. The molecule has 1 heterocycles. The van der Waals surface area contributed by atoms with Crippen LogP contribution in [0.1, 0.15) is 18.2 Å². The van der Waals surface area contributed by atoms with Crippen molar-refractivity contribution in [2.24, 2.45) is 0 Å². The van der Waals surface area contributed by atoms with Crippen LogP contribution in [-0.2, 0) is 13.1 Å². The van der Waals surface area contributed by atoms with E-state index in [1.165, 1.54) is 5.56 Å². The van der Waals surface area contributed by atoms with Gasteiger partial charge in [-0.1, -0.05) is 17.7 Å². The molecule has 0 atom stereocenters. The standard InChI is InChI=1S/C13H16ClN3/c1-3-17-11(6-7-16-17)9-15-13-8-10(2)4-5-12(13)14/h4-8,15H,3,9H2,1-2H3. The van der Waals surface area contributed by atoms with Crippen LogP contribution < -0.4 is 5.32 Å². The van der Waals surface area contributed by atoms with Gasteiger partial charge in [-0.15, -0.1) is 0 Å². The Morgan fingerprint density at radius 1 is 1.35 bits per heavy atom. The van der Waals surface area contributed by atoms with Gasteiger partial charge in [0, 0.05) is 12.7 Å². The van der Waals surface area contributed by atoms with Crippen molar-refractivity contribution in [2.75, 3.05) is 5.32 Å². The lowest BCUT2D eigenvalue weighted by Gasteiger charge is -2.10. The van der Waals surface area contributed by atoms with Crippen LogP contribution in [0, 0.1) is 6.92 Å². The molecule has 4 heteroatoms. The smallest absolute Gasteiger partial charge is 0.0637 e. The number of benzene rings is 1. The van der Waals surface area contributed by atoms with E-state index in [-0.39, 0.29) is 0 Å². The Bertz CT molecular complexity index is 505. The zero-order valence-corrected chi connectivity index (χ0v) is 10.8. The molecule has 0 amide bonds. The Hall–Kier alpha value is -1.48. The fraction of sp³-hybridized carbons (Fsp3) is 0.308. The summed E-state index contributed by atoms with van der Waals surface area (Å²) < 4.78 is 1.97. The fourth-order valence-electron chi connectivity index (χ4n) is 1.76. The average Bonchev–Trinajstić information content (AvgIpc) is 2.77. The number of aromatic nitrogens is 2. The first-order chi connectivity index (χ1) is 8.20. The van der Waals surface area contributed by atoms with Gasteiger partial charge in [0.15, 0.2) is 0 Å². The van der Waals surface area contributed by atoms with Crippen LogP contribution in [0.15, 0.2) is 30.5 Å². The summed E-state index contributed by atoms with van der Waals surface area (Å²) in [7, 11) is 0. The Balaban J connectivity index is 2.09. The van der Waals surface area contributed by atoms with Crippen molar-refractivity contribution in [1.29, 1.82) is 0 Å². The summed E-state index contributed by atoms with van der Waals surface area (Å²) in [4.78, 5) is 0. The third kappa shape index (κ3) is 2.80. The predicted octanol–water partition coefficient (Wildman–Crippen LogP) is 3.48. The summed E-state index contributed by atoms with van der Waals surface area (Å²) >= 11 is 6.13. The number of anilines is 1.